The molecule has 0 saturated heterocycles. The molecular weight excluding hydrogens is 179 g/mol. The minimum atomic E-state index is -1.07. The van der Waals surface area contributed by atoms with Gasteiger partial charge < -0.3 is 5.11 Å². The molecule has 0 aromatic heterocycles. The van der Waals surface area contributed by atoms with Gasteiger partial charge in [-0.25, -0.2) is 4.39 Å². The second-order valence-electron chi connectivity index (χ2n) is 2.91. The molecule has 1 atom stereocenters. The van der Waals surface area contributed by atoms with E-state index in [1.165, 1.54) is 24.3 Å². The van der Waals surface area contributed by atoms with Gasteiger partial charge in [0.2, 0.25) is 0 Å². The highest BCUT2D eigenvalue weighted by molar-refractivity contribution is 6.18. The number of halogens is 2. The van der Waals surface area contributed by atoms with Gasteiger partial charge in [-0.2, -0.15) is 0 Å². The van der Waals surface area contributed by atoms with Gasteiger partial charge in [0.05, 0.1) is 5.88 Å². The molecule has 0 amide bonds. The Morgan fingerprint density at radius 2 is 1.92 bits per heavy atom. The number of hydrogen-bond acceptors (Lipinski definition) is 1. The summed E-state index contributed by atoms with van der Waals surface area (Å²) >= 11 is 5.52. The molecule has 1 unspecified atom stereocenters. The van der Waals surface area contributed by atoms with Crippen LogP contribution < -0.4 is 0 Å². The summed E-state index contributed by atoms with van der Waals surface area (Å²) in [5.74, 6) is -0.220. The van der Waals surface area contributed by atoms with Crippen LogP contribution in [-0.4, -0.2) is 11.0 Å². The van der Waals surface area contributed by atoms with Crippen molar-refractivity contribution in [2.45, 2.75) is 12.5 Å². The first-order valence-electron chi connectivity index (χ1n) is 3.60. The third-order valence-corrected chi connectivity index (χ3v) is 2.25. The molecule has 1 nitrogen and oxygen atoms in total. The smallest absolute Gasteiger partial charge is 0.123 e. The van der Waals surface area contributed by atoms with Gasteiger partial charge in [-0.15, -0.1) is 11.6 Å². The number of alkyl halides is 1. The molecule has 0 aliphatic carbocycles. The molecule has 1 rings (SSSR count). The van der Waals surface area contributed by atoms with Crippen molar-refractivity contribution in [2.75, 3.05) is 5.88 Å². The van der Waals surface area contributed by atoms with Gasteiger partial charge >= 0.3 is 0 Å². The summed E-state index contributed by atoms with van der Waals surface area (Å²) in [5, 5.41) is 9.63. The van der Waals surface area contributed by atoms with Gasteiger partial charge in [0.25, 0.3) is 0 Å². The van der Waals surface area contributed by atoms with Crippen LogP contribution >= 0.6 is 11.6 Å². The topological polar surface area (TPSA) is 20.2 Å². The van der Waals surface area contributed by atoms with Gasteiger partial charge in [-0.1, -0.05) is 12.1 Å². The maximum absolute atomic E-state index is 12.5. The third kappa shape index (κ3) is 1.96. The Morgan fingerprint density at radius 1 is 1.42 bits per heavy atom. The lowest BCUT2D eigenvalue weighted by Gasteiger charge is -2.20. The molecule has 3 heteroatoms. The molecule has 0 aliphatic heterocycles. The standard InChI is InChI=1S/C9H10ClFO/c1-9(12,6-10)7-2-4-8(11)5-3-7/h2-5,12H,6H2,1H3. The average Bonchev–Trinajstić information content (AvgIpc) is 2.05. The molecule has 0 radical (unpaired) electrons. The minimum absolute atomic E-state index is 0.0959. The molecule has 0 fully saturated rings. The van der Waals surface area contributed by atoms with Gasteiger partial charge in [-0.05, 0) is 24.6 Å². The predicted octanol–water partition coefficient (Wildman–Crippen LogP) is 2.27. The second-order valence-corrected chi connectivity index (χ2v) is 3.18. The van der Waals surface area contributed by atoms with E-state index in [1.54, 1.807) is 6.92 Å². The molecule has 0 bridgehead atoms. The van der Waals surface area contributed by atoms with Crippen LogP contribution in [0.1, 0.15) is 12.5 Å². The Morgan fingerprint density at radius 3 is 2.33 bits per heavy atom. The van der Waals surface area contributed by atoms with Crippen molar-refractivity contribution in [3.05, 3.63) is 35.6 Å². The maximum atomic E-state index is 12.5. The fourth-order valence-electron chi connectivity index (χ4n) is 0.886. The second kappa shape index (κ2) is 3.42. The first-order chi connectivity index (χ1) is 5.56. The highest BCUT2D eigenvalue weighted by atomic mass is 35.5. The molecule has 66 valence electrons. The highest BCUT2D eigenvalue weighted by Gasteiger charge is 2.21. The summed E-state index contributed by atoms with van der Waals surface area (Å²) in [6.07, 6.45) is 0. The summed E-state index contributed by atoms with van der Waals surface area (Å²) < 4.78 is 12.5. The Hall–Kier alpha value is -0.600. The lowest BCUT2D eigenvalue weighted by Crippen LogP contribution is -2.22. The fraction of sp³-hybridized carbons (Fsp3) is 0.333. The predicted molar refractivity (Wildman–Crippen MR) is 46.7 cm³/mol. The van der Waals surface area contributed by atoms with Gasteiger partial charge in [-0.3, -0.25) is 0 Å². The van der Waals surface area contributed by atoms with Crippen LogP contribution in [0.5, 0.6) is 0 Å². The minimum Gasteiger partial charge on any atom is -0.384 e. The molecule has 0 saturated carbocycles. The van der Waals surface area contributed by atoms with E-state index in [-0.39, 0.29) is 11.7 Å². The molecule has 1 aromatic carbocycles. The fourth-order valence-corrected chi connectivity index (χ4v) is 1.04. The van der Waals surface area contributed by atoms with Gasteiger partial charge in [0, 0.05) is 0 Å². The van der Waals surface area contributed by atoms with Gasteiger partial charge in [0.15, 0.2) is 0 Å². The summed E-state index contributed by atoms with van der Waals surface area (Å²) in [7, 11) is 0. The summed E-state index contributed by atoms with van der Waals surface area (Å²) in [6, 6.07) is 5.65. The van der Waals surface area contributed by atoms with Crippen LogP contribution in [0.2, 0.25) is 0 Å². The number of benzene rings is 1. The van der Waals surface area contributed by atoms with E-state index in [2.05, 4.69) is 0 Å². The van der Waals surface area contributed by atoms with Crippen molar-refractivity contribution < 1.29 is 9.50 Å². The summed E-state index contributed by atoms with van der Waals surface area (Å²) in [4.78, 5) is 0. The van der Waals surface area contributed by atoms with Gasteiger partial charge in [0.1, 0.15) is 11.4 Å². The molecule has 0 heterocycles. The Balaban J connectivity index is 2.96. The molecule has 12 heavy (non-hydrogen) atoms. The van der Waals surface area contributed by atoms with Crippen LogP contribution in [0.4, 0.5) is 4.39 Å². The van der Waals surface area contributed by atoms with Crippen molar-refractivity contribution in [3.63, 3.8) is 0 Å². The Labute approximate surface area is 75.8 Å². The average molecular weight is 189 g/mol. The number of rotatable bonds is 2. The zero-order valence-electron chi connectivity index (χ0n) is 6.72. The van der Waals surface area contributed by atoms with Crippen molar-refractivity contribution in [2.24, 2.45) is 0 Å². The van der Waals surface area contributed by atoms with E-state index in [0.29, 0.717) is 5.56 Å². The first kappa shape index (κ1) is 9.49. The zero-order valence-corrected chi connectivity index (χ0v) is 7.48. The largest absolute Gasteiger partial charge is 0.384 e. The molecule has 1 aromatic rings. The quantitative estimate of drug-likeness (QED) is 0.706. The Kier molecular flexibility index (Phi) is 2.70. The van der Waals surface area contributed by atoms with E-state index in [9.17, 15) is 9.50 Å². The van der Waals surface area contributed by atoms with Crippen LogP contribution in [0.25, 0.3) is 0 Å². The van der Waals surface area contributed by atoms with Crippen molar-refractivity contribution in [3.8, 4) is 0 Å². The van der Waals surface area contributed by atoms with Crippen LogP contribution in [0.15, 0.2) is 24.3 Å². The number of aliphatic hydroxyl groups is 1. The molecule has 0 spiro atoms. The van der Waals surface area contributed by atoms with Crippen LogP contribution in [0.3, 0.4) is 0 Å². The lowest BCUT2D eigenvalue weighted by atomic mass is 9.98. The third-order valence-electron chi connectivity index (χ3n) is 1.73. The SMILES string of the molecule is CC(O)(CCl)c1ccc(F)cc1. The normalized spacial score (nSPS) is 15.7. The summed E-state index contributed by atoms with van der Waals surface area (Å²) in [6.45, 7) is 1.59. The van der Waals surface area contributed by atoms with Crippen LogP contribution in [-0.2, 0) is 5.60 Å². The van der Waals surface area contributed by atoms with Crippen molar-refractivity contribution >= 4 is 11.6 Å². The van der Waals surface area contributed by atoms with Crippen molar-refractivity contribution in [1.29, 1.82) is 0 Å². The van der Waals surface area contributed by atoms with E-state index in [4.69, 9.17) is 11.6 Å². The lowest BCUT2D eigenvalue weighted by molar-refractivity contribution is 0.0823. The van der Waals surface area contributed by atoms with E-state index < -0.39 is 5.60 Å². The van der Waals surface area contributed by atoms with E-state index in [0.717, 1.165) is 0 Å². The Bertz CT molecular complexity index is 256. The van der Waals surface area contributed by atoms with E-state index >= 15 is 0 Å². The summed E-state index contributed by atoms with van der Waals surface area (Å²) in [5.41, 5.74) is -0.450. The van der Waals surface area contributed by atoms with E-state index in [1.807, 2.05) is 0 Å². The maximum Gasteiger partial charge on any atom is 0.123 e. The first-order valence-corrected chi connectivity index (χ1v) is 4.14. The molecular formula is C9H10ClFO. The van der Waals surface area contributed by atoms with Crippen molar-refractivity contribution in [1.82, 2.24) is 0 Å². The zero-order chi connectivity index (χ0) is 9.19. The molecule has 0 aliphatic rings. The number of hydrogen-bond donors (Lipinski definition) is 1. The van der Waals surface area contributed by atoms with Crippen LogP contribution in [0, 0.1) is 5.82 Å². The molecule has 1 N–H and O–H groups in total. The highest BCUT2D eigenvalue weighted by Crippen LogP contribution is 2.21. The monoisotopic (exact) mass is 188 g/mol.